The monoisotopic (exact) mass is 309 g/mol. The lowest BCUT2D eigenvalue weighted by molar-refractivity contribution is -0.173. The van der Waals surface area contributed by atoms with E-state index in [4.69, 9.17) is 0 Å². The standard InChI is InChI=1S/C12H18F3N3OS/c1-2-16-11(18-8-10-4-3-7-20-10)17-5-6-19-9-12(13,14)15/h3-4,7H,2,5-6,8-9H2,1H3,(H2,16,17,18). The van der Waals surface area contributed by atoms with Gasteiger partial charge in [0.1, 0.15) is 6.61 Å². The van der Waals surface area contributed by atoms with Gasteiger partial charge in [0.2, 0.25) is 0 Å². The van der Waals surface area contributed by atoms with Crippen LogP contribution in [0.3, 0.4) is 0 Å². The number of hydrogen-bond donors (Lipinski definition) is 2. The van der Waals surface area contributed by atoms with Gasteiger partial charge in [-0.05, 0) is 18.4 Å². The van der Waals surface area contributed by atoms with E-state index in [-0.39, 0.29) is 13.2 Å². The number of ether oxygens (including phenoxy) is 1. The summed E-state index contributed by atoms with van der Waals surface area (Å²) in [6.07, 6.45) is -4.28. The normalized spacial score (nSPS) is 12.5. The van der Waals surface area contributed by atoms with Crippen LogP contribution in [0, 0.1) is 0 Å². The van der Waals surface area contributed by atoms with Gasteiger partial charge in [-0.25, -0.2) is 4.99 Å². The van der Waals surface area contributed by atoms with Gasteiger partial charge in [-0.15, -0.1) is 11.3 Å². The molecule has 0 aromatic carbocycles. The van der Waals surface area contributed by atoms with Gasteiger partial charge in [-0.1, -0.05) is 6.07 Å². The Kier molecular flexibility index (Phi) is 7.38. The van der Waals surface area contributed by atoms with Gasteiger partial charge in [-0.3, -0.25) is 0 Å². The highest BCUT2D eigenvalue weighted by Gasteiger charge is 2.27. The molecule has 1 aromatic rings. The van der Waals surface area contributed by atoms with E-state index >= 15 is 0 Å². The molecule has 0 aliphatic carbocycles. The van der Waals surface area contributed by atoms with E-state index in [2.05, 4.69) is 20.4 Å². The third kappa shape index (κ3) is 8.00. The molecule has 0 aliphatic rings. The van der Waals surface area contributed by atoms with Crippen molar-refractivity contribution < 1.29 is 17.9 Å². The van der Waals surface area contributed by atoms with E-state index < -0.39 is 12.8 Å². The smallest absolute Gasteiger partial charge is 0.370 e. The summed E-state index contributed by atoms with van der Waals surface area (Å²) in [5, 5.41) is 7.91. The van der Waals surface area contributed by atoms with Crippen LogP contribution in [0.1, 0.15) is 11.8 Å². The predicted octanol–water partition coefficient (Wildman–Crippen LogP) is 2.38. The number of thiophene rings is 1. The summed E-state index contributed by atoms with van der Waals surface area (Å²) in [4.78, 5) is 5.45. The maximum Gasteiger partial charge on any atom is 0.411 e. The molecule has 8 heteroatoms. The van der Waals surface area contributed by atoms with Crippen molar-refractivity contribution in [3.05, 3.63) is 22.4 Å². The summed E-state index contributed by atoms with van der Waals surface area (Å²) < 4.78 is 40.1. The number of hydrogen-bond acceptors (Lipinski definition) is 3. The number of nitrogens with zero attached hydrogens (tertiary/aromatic N) is 1. The van der Waals surface area contributed by atoms with Crippen LogP contribution < -0.4 is 10.6 Å². The van der Waals surface area contributed by atoms with Gasteiger partial charge >= 0.3 is 6.18 Å². The third-order valence-electron chi connectivity index (χ3n) is 2.12. The van der Waals surface area contributed by atoms with Crippen LogP contribution in [-0.4, -0.2) is 38.4 Å². The van der Waals surface area contributed by atoms with E-state index in [1.165, 1.54) is 0 Å². The number of aliphatic imine (C=N–C) groups is 1. The average molecular weight is 309 g/mol. The molecule has 1 heterocycles. The van der Waals surface area contributed by atoms with Crippen molar-refractivity contribution in [2.24, 2.45) is 4.99 Å². The Hall–Kier alpha value is -1.28. The zero-order valence-corrected chi connectivity index (χ0v) is 12.0. The van der Waals surface area contributed by atoms with Crippen LogP contribution in [0.25, 0.3) is 0 Å². The quantitative estimate of drug-likeness (QED) is 0.462. The van der Waals surface area contributed by atoms with Gasteiger partial charge in [0.05, 0.1) is 13.2 Å². The van der Waals surface area contributed by atoms with E-state index in [9.17, 15) is 13.2 Å². The topological polar surface area (TPSA) is 45.7 Å². The highest BCUT2D eigenvalue weighted by Crippen LogP contribution is 2.14. The van der Waals surface area contributed by atoms with Crippen molar-refractivity contribution in [2.75, 3.05) is 26.3 Å². The molecule has 0 unspecified atom stereocenters. The van der Waals surface area contributed by atoms with Crippen LogP contribution >= 0.6 is 11.3 Å². The molecule has 0 radical (unpaired) electrons. The van der Waals surface area contributed by atoms with E-state index in [1.54, 1.807) is 11.3 Å². The predicted molar refractivity (Wildman–Crippen MR) is 74.0 cm³/mol. The molecule has 0 aliphatic heterocycles. The summed E-state index contributed by atoms with van der Waals surface area (Å²) in [7, 11) is 0. The van der Waals surface area contributed by atoms with E-state index in [1.807, 2.05) is 24.4 Å². The van der Waals surface area contributed by atoms with Crippen LogP contribution in [0.5, 0.6) is 0 Å². The van der Waals surface area contributed by atoms with Crippen LogP contribution in [-0.2, 0) is 11.3 Å². The molecular weight excluding hydrogens is 291 g/mol. The second kappa shape index (κ2) is 8.80. The molecular formula is C12H18F3N3OS. The van der Waals surface area contributed by atoms with Crippen molar-refractivity contribution >= 4 is 17.3 Å². The lowest BCUT2D eigenvalue weighted by atomic mass is 10.5. The number of halogens is 3. The van der Waals surface area contributed by atoms with Crippen molar-refractivity contribution in [1.29, 1.82) is 0 Å². The minimum absolute atomic E-state index is 0.0249. The zero-order chi connectivity index (χ0) is 14.8. The molecule has 4 nitrogen and oxygen atoms in total. The minimum Gasteiger partial charge on any atom is -0.370 e. The van der Waals surface area contributed by atoms with Gasteiger partial charge in [0.25, 0.3) is 0 Å². The Morgan fingerprint density at radius 3 is 2.80 bits per heavy atom. The number of rotatable bonds is 7. The third-order valence-corrected chi connectivity index (χ3v) is 2.98. The van der Waals surface area contributed by atoms with Crippen molar-refractivity contribution in [2.45, 2.75) is 19.6 Å². The second-order valence-electron chi connectivity index (χ2n) is 3.87. The molecule has 0 bridgehead atoms. The maximum absolute atomic E-state index is 11.9. The number of alkyl halides is 3. The lowest BCUT2D eigenvalue weighted by Gasteiger charge is -2.12. The first kappa shape index (κ1) is 16.8. The molecule has 0 saturated heterocycles. The average Bonchev–Trinajstić information content (AvgIpc) is 2.87. The first-order chi connectivity index (χ1) is 9.51. The fourth-order valence-electron chi connectivity index (χ4n) is 1.33. The summed E-state index contributed by atoms with van der Waals surface area (Å²) >= 11 is 1.61. The first-order valence-corrected chi connectivity index (χ1v) is 7.08. The number of nitrogens with one attached hydrogen (secondary N) is 2. The Morgan fingerprint density at radius 2 is 2.20 bits per heavy atom. The number of guanidine groups is 1. The molecule has 0 spiro atoms. The maximum atomic E-state index is 11.9. The molecule has 0 saturated carbocycles. The Balaban J connectivity index is 2.26. The molecule has 0 amide bonds. The molecule has 1 rings (SSSR count). The van der Waals surface area contributed by atoms with Crippen LogP contribution in [0.4, 0.5) is 13.2 Å². The zero-order valence-electron chi connectivity index (χ0n) is 11.2. The van der Waals surface area contributed by atoms with Gasteiger partial charge in [0.15, 0.2) is 5.96 Å². The van der Waals surface area contributed by atoms with Gasteiger partial charge in [0, 0.05) is 18.0 Å². The fourth-order valence-corrected chi connectivity index (χ4v) is 1.96. The van der Waals surface area contributed by atoms with Crippen molar-refractivity contribution in [1.82, 2.24) is 10.6 Å². The molecule has 0 fully saturated rings. The van der Waals surface area contributed by atoms with Gasteiger partial charge in [-0.2, -0.15) is 13.2 Å². The van der Waals surface area contributed by atoms with Crippen molar-refractivity contribution in [3.8, 4) is 0 Å². The molecule has 2 N–H and O–H groups in total. The minimum atomic E-state index is -4.28. The first-order valence-electron chi connectivity index (χ1n) is 6.20. The molecule has 20 heavy (non-hydrogen) atoms. The van der Waals surface area contributed by atoms with Crippen molar-refractivity contribution in [3.63, 3.8) is 0 Å². The molecule has 0 atom stereocenters. The summed E-state index contributed by atoms with van der Waals surface area (Å²) in [6.45, 7) is 2.16. The largest absolute Gasteiger partial charge is 0.411 e. The summed E-state index contributed by atoms with van der Waals surface area (Å²) in [5.41, 5.74) is 0. The van der Waals surface area contributed by atoms with E-state index in [0.717, 1.165) is 4.88 Å². The lowest BCUT2D eigenvalue weighted by Crippen LogP contribution is -2.39. The Morgan fingerprint density at radius 1 is 1.40 bits per heavy atom. The molecule has 114 valence electrons. The summed E-state index contributed by atoms with van der Waals surface area (Å²) in [6, 6.07) is 3.92. The highest BCUT2D eigenvalue weighted by molar-refractivity contribution is 7.09. The van der Waals surface area contributed by atoms with Crippen LogP contribution in [0.15, 0.2) is 22.5 Å². The highest BCUT2D eigenvalue weighted by atomic mass is 32.1. The SMILES string of the molecule is CCNC(=NCc1cccs1)NCCOCC(F)(F)F. The van der Waals surface area contributed by atoms with E-state index in [0.29, 0.717) is 19.0 Å². The summed E-state index contributed by atoms with van der Waals surface area (Å²) in [5.74, 6) is 0.566. The molecule has 1 aromatic heterocycles. The van der Waals surface area contributed by atoms with Crippen LogP contribution in [0.2, 0.25) is 0 Å². The fraction of sp³-hybridized carbons (Fsp3) is 0.583. The van der Waals surface area contributed by atoms with Gasteiger partial charge < -0.3 is 15.4 Å². The Labute approximate surface area is 120 Å². The second-order valence-corrected chi connectivity index (χ2v) is 4.90. The Bertz CT molecular complexity index is 393.